The second kappa shape index (κ2) is 10.9. The number of para-hydroxylation sites is 7. The van der Waals surface area contributed by atoms with Gasteiger partial charge in [-0.1, -0.05) is 146 Å². The number of hydrogen-bond donors (Lipinski definition) is 0. The molecule has 7 heterocycles. The molecular formula is C60H32N4. The molecule has 10 aromatic carbocycles. The van der Waals surface area contributed by atoms with Crippen LogP contribution in [0.3, 0.4) is 0 Å². The maximum absolute atomic E-state index is 2.64. The molecule has 0 saturated heterocycles. The Morgan fingerprint density at radius 2 is 0.625 bits per heavy atom. The fraction of sp³-hybridized carbons (Fsp3) is 0. The summed E-state index contributed by atoms with van der Waals surface area (Å²) in [5.74, 6) is 0. The van der Waals surface area contributed by atoms with E-state index in [1.54, 1.807) is 0 Å². The van der Waals surface area contributed by atoms with Gasteiger partial charge in [0.25, 0.3) is 0 Å². The van der Waals surface area contributed by atoms with Gasteiger partial charge in [-0.2, -0.15) is 0 Å². The predicted molar refractivity (Wildman–Crippen MR) is 271 cm³/mol. The lowest BCUT2D eigenvalue weighted by Crippen LogP contribution is -1.94. The molecule has 0 fully saturated rings. The molecule has 4 nitrogen and oxygen atoms in total. The van der Waals surface area contributed by atoms with Crippen molar-refractivity contribution < 1.29 is 0 Å². The van der Waals surface area contributed by atoms with E-state index >= 15 is 0 Å². The highest BCUT2D eigenvalue weighted by molar-refractivity contribution is 6.42. The van der Waals surface area contributed by atoms with Crippen molar-refractivity contribution in [2.75, 3.05) is 0 Å². The van der Waals surface area contributed by atoms with E-state index in [9.17, 15) is 0 Å². The molecular weight excluding hydrogens is 777 g/mol. The van der Waals surface area contributed by atoms with E-state index < -0.39 is 0 Å². The Morgan fingerprint density at radius 1 is 0.203 bits per heavy atom. The number of nitrogens with zero attached hydrogens (tertiary/aromatic N) is 4. The molecule has 0 unspecified atom stereocenters. The highest BCUT2D eigenvalue weighted by Crippen LogP contribution is 2.51. The Bertz CT molecular complexity index is 4900. The minimum absolute atomic E-state index is 1.15. The van der Waals surface area contributed by atoms with Crippen LogP contribution in [0.4, 0.5) is 0 Å². The Morgan fingerprint density at radius 3 is 1.31 bits per heavy atom. The third-order valence-electron chi connectivity index (χ3n) is 15.1. The van der Waals surface area contributed by atoms with Crippen LogP contribution in [-0.4, -0.2) is 17.8 Å². The highest BCUT2D eigenvalue weighted by Gasteiger charge is 2.28. The first-order valence-electron chi connectivity index (χ1n) is 22.3. The second-order valence-electron chi connectivity index (χ2n) is 18.0. The summed E-state index contributed by atoms with van der Waals surface area (Å²) >= 11 is 0. The monoisotopic (exact) mass is 808 g/mol. The average Bonchev–Trinajstić information content (AvgIpc) is 4.19. The molecule has 17 aromatic rings. The lowest BCUT2D eigenvalue weighted by Gasteiger charge is -2.10. The number of aromatic nitrogens is 4. The summed E-state index contributed by atoms with van der Waals surface area (Å²) < 4.78 is 10.2. The number of fused-ring (bicyclic) bond motifs is 19. The summed E-state index contributed by atoms with van der Waals surface area (Å²) in [6, 6.07) is 73.2. The van der Waals surface area contributed by atoms with E-state index in [-0.39, 0.29) is 0 Å². The molecule has 0 aliphatic carbocycles. The average molecular weight is 809 g/mol. The maximum Gasteiger partial charge on any atom is 0.0782 e. The van der Waals surface area contributed by atoms with Crippen LogP contribution in [0.2, 0.25) is 0 Å². The molecule has 7 aromatic heterocycles. The van der Waals surface area contributed by atoms with Gasteiger partial charge in [-0.05, 0) is 59.3 Å². The lowest BCUT2D eigenvalue weighted by molar-refractivity contribution is 1.18. The first-order chi connectivity index (χ1) is 31.8. The molecule has 0 atom stereocenters. The van der Waals surface area contributed by atoms with Gasteiger partial charge in [0.2, 0.25) is 0 Å². The fourth-order valence-corrected chi connectivity index (χ4v) is 12.8. The van der Waals surface area contributed by atoms with Gasteiger partial charge < -0.3 is 17.8 Å². The Kier molecular flexibility index (Phi) is 5.47. The van der Waals surface area contributed by atoms with Crippen molar-refractivity contribution in [1.82, 2.24) is 17.8 Å². The summed E-state index contributed by atoms with van der Waals surface area (Å²) in [5.41, 5.74) is 14.8. The second-order valence-corrected chi connectivity index (χ2v) is 18.0. The summed E-state index contributed by atoms with van der Waals surface area (Å²) in [6.07, 6.45) is 0. The van der Waals surface area contributed by atoms with Crippen molar-refractivity contribution in [3.63, 3.8) is 0 Å². The standard InChI is InChI=1S/C60H32N4/c1-2-14-35-34(13-1)36-15-3-8-27-50(36)62-51-30-29-33(61-48-25-6-4-16-37(48)38-17-5-7-26-49(38)61)31-46(51)42-22-12-28-52(59(42)62)63-53-32-47-43-21-9-19-40-41-20-11-24-45-55(60(47)64(56(40)43)58(41)45)54(53)44-23-10-18-39(35)57(44)63/h1-32H. The van der Waals surface area contributed by atoms with Gasteiger partial charge in [0.05, 0.1) is 60.7 Å². The summed E-state index contributed by atoms with van der Waals surface area (Å²) in [7, 11) is 0. The predicted octanol–water partition coefficient (Wildman–Crippen LogP) is 15.9. The molecule has 0 N–H and O–H groups in total. The van der Waals surface area contributed by atoms with Gasteiger partial charge in [-0.15, -0.1) is 0 Å². The zero-order valence-electron chi connectivity index (χ0n) is 34.3. The molecule has 0 amide bonds. The third kappa shape index (κ3) is 3.51. The van der Waals surface area contributed by atoms with E-state index in [4.69, 9.17) is 0 Å². The highest BCUT2D eigenvalue weighted by atomic mass is 15.0. The van der Waals surface area contributed by atoms with Gasteiger partial charge in [0, 0.05) is 81.1 Å². The van der Waals surface area contributed by atoms with Crippen LogP contribution >= 0.6 is 0 Å². The van der Waals surface area contributed by atoms with E-state index in [0.717, 1.165) is 5.69 Å². The minimum atomic E-state index is 1.15. The van der Waals surface area contributed by atoms with Crippen molar-refractivity contribution in [2.24, 2.45) is 0 Å². The molecule has 292 valence electrons. The third-order valence-corrected chi connectivity index (χ3v) is 15.1. The van der Waals surface area contributed by atoms with Gasteiger partial charge >= 0.3 is 0 Å². The van der Waals surface area contributed by atoms with Crippen LogP contribution in [0.1, 0.15) is 0 Å². The van der Waals surface area contributed by atoms with Crippen LogP contribution in [0.15, 0.2) is 194 Å². The van der Waals surface area contributed by atoms with E-state index in [1.807, 2.05) is 0 Å². The largest absolute Gasteiger partial charge is 0.309 e. The number of hydrogen-bond acceptors (Lipinski definition) is 0. The Labute approximate surface area is 362 Å². The van der Waals surface area contributed by atoms with Crippen LogP contribution < -0.4 is 0 Å². The van der Waals surface area contributed by atoms with Gasteiger partial charge in [-0.3, -0.25) is 0 Å². The summed E-state index contributed by atoms with van der Waals surface area (Å²) in [4.78, 5) is 0. The molecule has 4 heteroatoms. The smallest absolute Gasteiger partial charge is 0.0782 e. The zero-order chi connectivity index (χ0) is 41.1. The zero-order valence-corrected chi connectivity index (χ0v) is 34.3. The molecule has 0 aliphatic rings. The normalized spacial score (nSPS) is 13.0. The van der Waals surface area contributed by atoms with Crippen LogP contribution in [0.25, 0.3) is 153 Å². The van der Waals surface area contributed by atoms with Crippen molar-refractivity contribution >= 4 is 147 Å². The summed E-state index contributed by atoms with van der Waals surface area (Å²) in [5, 5.41) is 20.5. The maximum atomic E-state index is 2.64. The van der Waals surface area contributed by atoms with Crippen molar-refractivity contribution in [1.29, 1.82) is 0 Å². The molecule has 0 bridgehead atoms. The van der Waals surface area contributed by atoms with Gasteiger partial charge in [0.1, 0.15) is 0 Å². The Hall–Kier alpha value is -8.60. The minimum Gasteiger partial charge on any atom is -0.309 e. The Balaban J connectivity index is 1.17. The fourth-order valence-electron chi connectivity index (χ4n) is 12.8. The van der Waals surface area contributed by atoms with Crippen LogP contribution in [-0.2, 0) is 0 Å². The molecule has 0 aliphatic heterocycles. The van der Waals surface area contributed by atoms with Crippen molar-refractivity contribution in [2.45, 2.75) is 0 Å². The van der Waals surface area contributed by atoms with E-state index in [1.165, 1.54) is 147 Å². The topological polar surface area (TPSA) is 18.2 Å². The first kappa shape index (κ1) is 32.2. The SMILES string of the molecule is c1ccc2c(c1)c1ccccc1n1c3ccc(-n4c5ccccc5c5ccccc54)cc3c3cccc(c31)n1c3cc4c5cccc6c7cccc8c(c3c3cccc2c31)c4n(c65)c78. The van der Waals surface area contributed by atoms with Crippen molar-refractivity contribution in [3.05, 3.63) is 194 Å². The number of rotatable bonds is 1. The first-order valence-corrected chi connectivity index (χ1v) is 22.3. The van der Waals surface area contributed by atoms with Crippen molar-refractivity contribution in [3.8, 4) is 5.69 Å². The van der Waals surface area contributed by atoms with E-state index in [2.05, 4.69) is 212 Å². The van der Waals surface area contributed by atoms with Crippen LogP contribution in [0.5, 0.6) is 0 Å². The molecule has 64 heavy (non-hydrogen) atoms. The van der Waals surface area contributed by atoms with Crippen LogP contribution in [0, 0.1) is 0 Å². The number of benzene rings is 10. The van der Waals surface area contributed by atoms with Gasteiger partial charge in [0.15, 0.2) is 0 Å². The molecule has 0 radical (unpaired) electrons. The quantitative estimate of drug-likeness (QED) is 0.157. The van der Waals surface area contributed by atoms with E-state index in [0.29, 0.717) is 0 Å². The molecule has 17 rings (SSSR count). The molecule has 0 saturated carbocycles. The van der Waals surface area contributed by atoms with Gasteiger partial charge in [-0.25, -0.2) is 0 Å². The molecule has 0 spiro atoms. The lowest BCUT2D eigenvalue weighted by atomic mass is 10.0. The summed E-state index contributed by atoms with van der Waals surface area (Å²) in [6.45, 7) is 0.